The van der Waals surface area contributed by atoms with E-state index in [9.17, 15) is 57.1 Å². The summed E-state index contributed by atoms with van der Waals surface area (Å²) in [5.74, 6) is -36.3. The minimum Gasteiger partial charge on any atom is -0.353 e. The second-order valence-corrected chi connectivity index (χ2v) is 15.8. The molecule has 0 N–H and O–H groups in total. The van der Waals surface area contributed by atoms with Gasteiger partial charge in [-0.2, -0.15) is 57.1 Å². The average molecular weight is 745 g/mol. The monoisotopic (exact) mass is 744 g/mol. The minimum absolute atomic E-state index is 0.000870. The largest absolute Gasteiger partial charge is 0.460 e. The molecule has 1 saturated heterocycles. The van der Waals surface area contributed by atoms with Gasteiger partial charge in [-0.1, -0.05) is 44.6 Å². The van der Waals surface area contributed by atoms with Gasteiger partial charge in [0.05, 0.1) is 6.10 Å². The van der Waals surface area contributed by atoms with Crippen molar-refractivity contribution < 1.29 is 66.5 Å². The molecule has 0 spiro atoms. The molecule has 288 valence electrons. The van der Waals surface area contributed by atoms with E-state index in [2.05, 4.69) is 19.9 Å². The first-order valence-electron chi connectivity index (χ1n) is 17.4. The molecule has 5 rings (SSSR count). The van der Waals surface area contributed by atoms with Crippen molar-refractivity contribution in [2.24, 2.45) is 40.4 Å². The van der Waals surface area contributed by atoms with Crippen molar-refractivity contribution in [3.63, 3.8) is 0 Å². The van der Waals surface area contributed by atoms with Crippen LogP contribution in [0.3, 0.4) is 0 Å². The van der Waals surface area contributed by atoms with Crippen LogP contribution in [-0.2, 0) is 9.47 Å². The van der Waals surface area contributed by atoms with Gasteiger partial charge in [-0.25, -0.2) is 0 Å². The Morgan fingerprint density at radius 1 is 0.800 bits per heavy atom. The Labute approximate surface area is 283 Å². The maximum absolute atomic E-state index is 14.4. The standard InChI is InChI=1S/C35H45F13O2/c1-20(7-6-15-30(36,37)31(38,39)32(40,41)33(42,43)34(44,45)35(46,47)48)24-11-12-25-23-10-9-21-19-22(50-27-8-4-5-18-49-27)13-16-28(21,2)26(23)14-17-29(24,25)3/h6-7,9,20,22-27H,4-5,8,10-19H2,1-3H3/b7-6+/t20-,22+,23+,24-,25+,26+,27?,28+,29-/m1/s1. The Balaban J connectivity index is 1.24. The summed E-state index contributed by atoms with van der Waals surface area (Å²) in [4.78, 5) is 0. The van der Waals surface area contributed by atoms with E-state index in [4.69, 9.17) is 9.47 Å². The van der Waals surface area contributed by atoms with E-state index < -0.39 is 48.1 Å². The van der Waals surface area contributed by atoms with Gasteiger partial charge in [0, 0.05) is 13.0 Å². The molecule has 1 aliphatic heterocycles. The fourth-order valence-corrected chi connectivity index (χ4v) is 10.2. The molecule has 1 heterocycles. The van der Waals surface area contributed by atoms with E-state index in [1.54, 1.807) is 6.92 Å². The van der Waals surface area contributed by atoms with Gasteiger partial charge in [-0.05, 0) is 111 Å². The summed E-state index contributed by atoms with van der Waals surface area (Å²) in [5.41, 5.74) is 1.14. The van der Waals surface area contributed by atoms with Crippen LogP contribution in [0.25, 0.3) is 0 Å². The lowest BCUT2D eigenvalue weighted by molar-refractivity contribution is -0.439. The number of halogens is 13. The van der Waals surface area contributed by atoms with Gasteiger partial charge in [0.15, 0.2) is 6.29 Å². The topological polar surface area (TPSA) is 18.5 Å². The van der Waals surface area contributed by atoms with Crippen LogP contribution in [0.4, 0.5) is 57.1 Å². The molecule has 4 fully saturated rings. The molecular formula is C35H45F13O2. The predicted molar refractivity (Wildman–Crippen MR) is 157 cm³/mol. The van der Waals surface area contributed by atoms with Crippen molar-refractivity contribution in [2.45, 2.75) is 146 Å². The molecule has 5 aliphatic rings. The highest BCUT2D eigenvalue weighted by Crippen LogP contribution is 2.67. The van der Waals surface area contributed by atoms with Gasteiger partial charge in [0.25, 0.3) is 0 Å². The van der Waals surface area contributed by atoms with Crippen LogP contribution in [0.2, 0.25) is 0 Å². The molecule has 50 heavy (non-hydrogen) atoms. The Hall–Kier alpha value is -1.51. The average Bonchev–Trinajstić information content (AvgIpc) is 3.38. The molecule has 4 aliphatic carbocycles. The molecule has 0 radical (unpaired) electrons. The maximum Gasteiger partial charge on any atom is 0.460 e. The lowest BCUT2D eigenvalue weighted by atomic mass is 9.47. The van der Waals surface area contributed by atoms with E-state index >= 15 is 0 Å². The molecule has 0 aromatic rings. The summed E-state index contributed by atoms with van der Waals surface area (Å²) in [6.07, 6.45) is 3.90. The quantitative estimate of drug-likeness (QED) is 0.164. The number of allylic oxidation sites excluding steroid dienone is 3. The van der Waals surface area contributed by atoms with Crippen molar-refractivity contribution in [2.75, 3.05) is 6.61 Å². The van der Waals surface area contributed by atoms with Crippen LogP contribution in [0.15, 0.2) is 23.8 Å². The molecule has 0 amide bonds. The second kappa shape index (κ2) is 13.1. The molecule has 0 bridgehead atoms. The summed E-state index contributed by atoms with van der Waals surface area (Å²) in [6.45, 7) is 6.78. The zero-order valence-corrected chi connectivity index (χ0v) is 28.2. The van der Waals surface area contributed by atoms with Crippen molar-refractivity contribution in [3.05, 3.63) is 23.8 Å². The molecule has 1 unspecified atom stereocenters. The molecule has 2 nitrogen and oxygen atoms in total. The van der Waals surface area contributed by atoms with Crippen LogP contribution in [0.5, 0.6) is 0 Å². The van der Waals surface area contributed by atoms with Gasteiger partial charge < -0.3 is 9.47 Å². The maximum atomic E-state index is 14.4. The molecular weight excluding hydrogens is 699 g/mol. The van der Waals surface area contributed by atoms with Crippen LogP contribution < -0.4 is 0 Å². The highest BCUT2D eigenvalue weighted by atomic mass is 19.4. The van der Waals surface area contributed by atoms with Gasteiger partial charge in [-0.15, -0.1) is 0 Å². The Morgan fingerprint density at radius 3 is 2.08 bits per heavy atom. The normalized spacial score (nSPS) is 36.8. The predicted octanol–water partition coefficient (Wildman–Crippen LogP) is 11.8. The number of alkyl halides is 13. The van der Waals surface area contributed by atoms with Crippen LogP contribution in [-0.4, -0.2) is 54.8 Å². The van der Waals surface area contributed by atoms with E-state index in [-0.39, 0.29) is 35.1 Å². The van der Waals surface area contributed by atoms with Gasteiger partial charge in [-0.3, -0.25) is 0 Å². The molecule has 0 aromatic heterocycles. The van der Waals surface area contributed by atoms with Crippen LogP contribution >= 0.6 is 0 Å². The van der Waals surface area contributed by atoms with Crippen LogP contribution in [0.1, 0.15) is 97.8 Å². The first-order valence-corrected chi connectivity index (χ1v) is 17.4. The fourth-order valence-electron chi connectivity index (χ4n) is 10.2. The minimum atomic E-state index is -7.88. The Morgan fingerprint density at radius 2 is 1.46 bits per heavy atom. The lowest BCUT2D eigenvalue weighted by Gasteiger charge is -2.58. The Bertz CT molecular complexity index is 1290. The molecule has 15 heteroatoms. The lowest BCUT2D eigenvalue weighted by Crippen LogP contribution is -2.70. The zero-order valence-electron chi connectivity index (χ0n) is 28.2. The second-order valence-electron chi connectivity index (χ2n) is 15.8. The third-order valence-electron chi connectivity index (χ3n) is 13.1. The van der Waals surface area contributed by atoms with E-state index in [0.717, 1.165) is 70.3 Å². The number of rotatable bonds is 10. The first-order chi connectivity index (χ1) is 22.8. The number of ether oxygens (including phenoxy) is 2. The summed E-state index contributed by atoms with van der Waals surface area (Å²) in [7, 11) is 0. The first kappa shape index (κ1) is 39.7. The number of fused-ring (bicyclic) bond motifs is 5. The fraction of sp³-hybridized carbons (Fsp3) is 0.886. The van der Waals surface area contributed by atoms with E-state index in [0.29, 0.717) is 30.9 Å². The smallest absolute Gasteiger partial charge is 0.353 e. The third kappa shape index (κ3) is 6.21. The summed E-state index contributed by atoms with van der Waals surface area (Å²) < 4.78 is 188. The van der Waals surface area contributed by atoms with Gasteiger partial charge >= 0.3 is 35.8 Å². The number of hydrogen-bond donors (Lipinski definition) is 0. The zero-order chi connectivity index (χ0) is 37.3. The van der Waals surface area contributed by atoms with Crippen molar-refractivity contribution in [3.8, 4) is 0 Å². The van der Waals surface area contributed by atoms with Gasteiger partial charge in [0.1, 0.15) is 0 Å². The van der Waals surface area contributed by atoms with Crippen molar-refractivity contribution in [1.29, 1.82) is 0 Å². The molecule has 0 aromatic carbocycles. The van der Waals surface area contributed by atoms with E-state index in [1.165, 1.54) is 5.57 Å². The molecule has 3 saturated carbocycles. The third-order valence-corrected chi connectivity index (χ3v) is 13.1. The summed E-state index contributed by atoms with van der Waals surface area (Å²) >= 11 is 0. The van der Waals surface area contributed by atoms with Crippen LogP contribution in [0, 0.1) is 40.4 Å². The Kier molecular flexibility index (Phi) is 10.4. The summed E-state index contributed by atoms with van der Waals surface area (Å²) in [5, 5.41) is 0. The summed E-state index contributed by atoms with van der Waals surface area (Å²) in [6, 6.07) is 0. The SMILES string of the molecule is C[C@H](/C=C/CC(F)(F)C(F)(F)C(F)(F)C(F)(F)C(F)(F)C(F)(F)F)[C@H]1CC[C@H]2[C@@H]3CC=C4C[C@@H](OC5CCCCO5)CC[C@]4(C)[C@H]3CC[C@]12C. The number of hydrogen-bond acceptors (Lipinski definition) is 2. The molecule has 9 atom stereocenters. The van der Waals surface area contributed by atoms with Crippen molar-refractivity contribution in [1.82, 2.24) is 0 Å². The highest BCUT2D eigenvalue weighted by molar-refractivity contribution is 5.26. The van der Waals surface area contributed by atoms with Gasteiger partial charge in [0.2, 0.25) is 0 Å². The van der Waals surface area contributed by atoms with E-state index in [1.807, 2.05) is 0 Å². The highest BCUT2D eigenvalue weighted by Gasteiger charge is 2.90. The van der Waals surface area contributed by atoms with Crippen molar-refractivity contribution >= 4 is 0 Å².